The summed E-state index contributed by atoms with van der Waals surface area (Å²) in [5, 5.41) is 10.6. The Kier molecular flexibility index (Phi) is 4.52. The van der Waals surface area contributed by atoms with Gasteiger partial charge >= 0.3 is 0 Å². The highest BCUT2D eigenvalue weighted by Crippen LogP contribution is 2.40. The zero-order valence-corrected chi connectivity index (χ0v) is 11.9. The Morgan fingerprint density at radius 3 is 1.76 bits per heavy atom. The summed E-state index contributed by atoms with van der Waals surface area (Å²) in [5.74, 6) is 3.73. The monoisotopic (exact) mass is 238 g/mol. The molecule has 1 N–H and O–H groups in total. The van der Waals surface area contributed by atoms with Crippen molar-refractivity contribution in [3.63, 3.8) is 0 Å². The van der Waals surface area contributed by atoms with Crippen LogP contribution in [0.2, 0.25) is 0 Å². The van der Waals surface area contributed by atoms with Gasteiger partial charge in [0.2, 0.25) is 0 Å². The zero-order valence-electron chi connectivity index (χ0n) is 11.9. The number of hydrogen-bond donors (Lipinski definition) is 1. The molecule has 2 aliphatic rings. The summed E-state index contributed by atoms with van der Waals surface area (Å²) in [7, 11) is 0. The lowest BCUT2D eigenvalue weighted by Gasteiger charge is -2.39. The lowest BCUT2D eigenvalue weighted by Crippen LogP contribution is -2.36. The van der Waals surface area contributed by atoms with Crippen molar-refractivity contribution in [3.05, 3.63) is 0 Å². The lowest BCUT2D eigenvalue weighted by molar-refractivity contribution is -0.00350. The molecule has 3 unspecified atom stereocenters. The van der Waals surface area contributed by atoms with Crippen LogP contribution in [0.1, 0.15) is 65.7 Å². The molecule has 1 heteroatoms. The molecule has 2 fully saturated rings. The predicted molar refractivity (Wildman–Crippen MR) is 72.8 cm³/mol. The largest absolute Gasteiger partial charge is 0.393 e. The van der Waals surface area contributed by atoms with Crippen molar-refractivity contribution in [1.82, 2.24) is 0 Å². The first-order valence-corrected chi connectivity index (χ1v) is 7.74. The molecule has 0 radical (unpaired) electrons. The van der Waals surface area contributed by atoms with Crippen LogP contribution in [0.4, 0.5) is 0 Å². The van der Waals surface area contributed by atoms with Gasteiger partial charge in [0.05, 0.1) is 6.10 Å². The number of aliphatic hydroxyl groups is 1. The summed E-state index contributed by atoms with van der Waals surface area (Å²) in [6.45, 7) is 7.07. The minimum atomic E-state index is -0.00676. The molecule has 0 aromatic heterocycles. The van der Waals surface area contributed by atoms with E-state index in [9.17, 15) is 5.11 Å². The molecule has 0 bridgehead atoms. The summed E-state index contributed by atoms with van der Waals surface area (Å²) in [6, 6.07) is 0. The highest BCUT2D eigenvalue weighted by atomic mass is 16.3. The predicted octanol–water partition coefficient (Wildman–Crippen LogP) is 4.25. The fourth-order valence-corrected chi connectivity index (χ4v) is 4.30. The van der Waals surface area contributed by atoms with E-state index in [0.29, 0.717) is 11.8 Å². The molecule has 100 valence electrons. The first kappa shape index (κ1) is 13.4. The number of aliphatic hydroxyl groups excluding tert-OH is 1. The third-order valence-corrected chi connectivity index (χ3v) is 5.24. The first-order chi connectivity index (χ1) is 8.06. The number of hydrogen-bond acceptors (Lipinski definition) is 1. The molecule has 0 aliphatic heterocycles. The maximum Gasteiger partial charge on any atom is 0.0596 e. The Hall–Kier alpha value is -0.0400. The average Bonchev–Trinajstić information content (AvgIpc) is 2.28. The highest BCUT2D eigenvalue weighted by Gasteiger charge is 2.34. The minimum Gasteiger partial charge on any atom is -0.393 e. The minimum absolute atomic E-state index is 0.00676. The van der Waals surface area contributed by atoms with Crippen LogP contribution in [0.3, 0.4) is 0 Å². The smallest absolute Gasteiger partial charge is 0.0596 e. The zero-order chi connectivity index (χ0) is 12.4. The van der Waals surface area contributed by atoms with Crippen molar-refractivity contribution < 1.29 is 5.11 Å². The van der Waals surface area contributed by atoms with Gasteiger partial charge in [0, 0.05) is 0 Å². The van der Waals surface area contributed by atoms with Gasteiger partial charge in [-0.2, -0.15) is 0 Å². The van der Waals surface area contributed by atoms with Gasteiger partial charge in [0.15, 0.2) is 0 Å². The summed E-state index contributed by atoms with van der Waals surface area (Å²) >= 11 is 0. The van der Waals surface area contributed by atoms with Gasteiger partial charge in [0.1, 0.15) is 0 Å². The van der Waals surface area contributed by atoms with Crippen LogP contribution in [-0.2, 0) is 0 Å². The normalized spacial score (nSPS) is 45.5. The molecule has 0 amide bonds. The molecule has 0 spiro atoms. The van der Waals surface area contributed by atoms with Crippen LogP contribution in [0.15, 0.2) is 0 Å². The third kappa shape index (κ3) is 3.47. The maximum absolute atomic E-state index is 10.6. The van der Waals surface area contributed by atoms with E-state index in [-0.39, 0.29) is 6.10 Å². The molecule has 2 rings (SSSR count). The van der Waals surface area contributed by atoms with Crippen molar-refractivity contribution in [1.29, 1.82) is 0 Å². The van der Waals surface area contributed by atoms with E-state index in [1.54, 1.807) is 0 Å². The Morgan fingerprint density at radius 2 is 1.24 bits per heavy atom. The van der Waals surface area contributed by atoms with Gasteiger partial charge in [-0.25, -0.2) is 0 Å². The Balaban J connectivity index is 1.88. The summed E-state index contributed by atoms with van der Waals surface area (Å²) in [4.78, 5) is 0. The average molecular weight is 238 g/mol. The van der Waals surface area contributed by atoms with E-state index >= 15 is 0 Å². The second-order valence-electron chi connectivity index (χ2n) is 7.19. The van der Waals surface area contributed by atoms with Crippen LogP contribution in [0.5, 0.6) is 0 Å². The van der Waals surface area contributed by atoms with Crippen molar-refractivity contribution >= 4 is 0 Å². The third-order valence-electron chi connectivity index (χ3n) is 5.24. The fraction of sp³-hybridized carbons (Fsp3) is 1.00. The van der Waals surface area contributed by atoms with Crippen LogP contribution in [0, 0.1) is 29.6 Å². The van der Waals surface area contributed by atoms with E-state index < -0.39 is 0 Å². The van der Waals surface area contributed by atoms with Crippen LogP contribution in [-0.4, -0.2) is 11.2 Å². The van der Waals surface area contributed by atoms with Gasteiger partial charge < -0.3 is 5.11 Å². The van der Waals surface area contributed by atoms with Crippen molar-refractivity contribution in [3.8, 4) is 0 Å². The van der Waals surface area contributed by atoms with Crippen molar-refractivity contribution in [2.75, 3.05) is 0 Å². The van der Waals surface area contributed by atoms with Crippen LogP contribution in [0.25, 0.3) is 0 Å². The molecule has 2 saturated carbocycles. The lowest BCUT2D eigenvalue weighted by atomic mass is 9.69. The van der Waals surface area contributed by atoms with Crippen LogP contribution < -0.4 is 0 Å². The van der Waals surface area contributed by atoms with Crippen molar-refractivity contribution in [2.24, 2.45) is 29.6 Å². The molecular weight excluding hydrogens is 208 g/mol. The molecule has 2 aliphatic carbocycles. The molecule has 0 aromatic carbocycles. The second-order valence-corrected chi connectivity index (χ2v) is 7.19. The first-order valence-electron chi connectivity index (χ1n) is 7.74. The van der Waals surface area contributed by atoms with E-state index in [0.717, 1.165) is 17.8 Å². The molecule has 0 aromatic rings. The van der Waals surface area contributed by atoms with Crippen LogP contribution >= 0.6 is 0 Å². The topological polar surface area (TPSA) is 20.2 Å². The SMILES string of the molecule is CC1CCC(C(O)C2CC(C)CC(C)C2)CC1. The molecule has 0 heterocycles. The highest BCUT2D eigenvalue weighted by molar-refractivity contribution is 4.85. The molecular formula is C16H30O. The molecule has 3 atom stereocenters. The van der Waals surface area contributed by atoms with E-state index in [2.05, 4.69) is 20.8 Å². The maximum atomic E-state index is 10.6. The van der Waals surface area contributed by atoms with Gasteiger partial charge in [-0.05, 0) is 61.7 Å². The molecule has 1 nitrogen and oxygen atoms in total. The van der Waals surface area contributed by atoms with Gasteiger partial charge in [-0.1, -0.05) is 33.6 Å². The van der Waals surface area contributed by atoms with Gasteiger partial charge in [-0.15, -0.1) is 0 Å². The van der Waals surface area contributed by atoms with E-state index in [4.69, 9.17) is 0 Å². The summed E-state index contributed by atoms with van der Waals surface area (Å²) in [6.07, 6.45) is 9.08. The van der Waals surface area contributed by atoms with E-state index in [1.165, 1.54) is 44.9 Å². The molecule has 17 heavy (non-hydrogen) atoms. The fourth-order valence-electron chi connectivity index (χ4n) is 4.30. The Labute approximate surface area is 107 Å². The number of rotatable bonds is 2. The quantitative estimate of drug-likeness (QED) is 0.762. The van der Waals surface area contributed by atoms with E-state index in [1.807, 2.05) is 0 Å². The van der Waals surface area contributed by atoms with Crippen molar-refractivity contribution in [2.45, 2.75) is 71.8 Å². The van der Waals surface area contributed by atoms with Gasteiger partial charge in [0.25, 0.3) is 0 Å². The van der Waals surface area contributed by atoms with Gasteiger partial charge in [-0.3, -0.25) is 0 Å². The standard InChI is InChI=1S/C16H30O/c1-11-4-6-14(7-5-11)16(17)15-9-12(2)8-13(3)10-15/h11-17H,4-10H2,1-3H3. The Morgan fingerprint density at radius 1 is 0.706 bits per heavy atom. The summed E-state index contributed by atoms with van der Waals surface area (Å²) in [5.41, 5.74) is 0. The second kappa shape index (κ2) is 5.73. The molecule has 0 saturated heterocycles. The Bertz CT molecular complexity index is 220. The summed E-state index contributed by atoms with van der Waals surface area (Å²) < 4.78 is 0.